The maximum atomic E-state index is 5.25. The molecule has 0 aliphatic heterocycles. The maximum Gasteiger partial charge on any atom is 0.169 e. The van der Waals surface area contributed by atoms with Crippen LogP contribution >= 0.6 is 11.8 Å². The highest BCUT2D eigenvalue weighted by molar-refractivity contribution is 7.98. The first-order valence-electron chi connectivity index (χ1n) is 7.85. The van der Waals surface area contributed by atoms with Gasteiger partial charge in [0, 0.05) is 31.8 Å². The summed E-state index contributed by atoms with van der Waals surface area (Å²) in [6, 6.07) is 14.2. The molecule has 0 saturated heterocycles. The Labute approximate surface area is 144 Å². The molecule has 0 saturated carbocycles. The van der Waals surface area contributed by atoms with Gasteiger partial charge in [0.15, 0.2) is 5.16 Å². The fraction of sp³-hybridized carbons (Fsp3) is 0.222. The van der Waals surface area contributed by atoms with Gasteiger partial charge in [0.25, 0.3) is 0 Å². The first kappa shape index (κ1) is 15.2. The third-order valence-electron chi connectivity index (χ3n) is 3.90. The molecule has 0 bridgehead atoms. The van der Waals surface area contributed by atoms with Crippen molar-refractivity contribution in [1.29, 1.82) is 0 Å². The fourth-order valence-corrected chi connectivity index (χ4v) is 3.68. The topological polar surface area (TPSA) is 44.4 Å². The Kier molecular flexibility index (Phi) is 4.23. The van der Waals surface area contributed by atoms with E-state index in [1.807, 2.05) is 47.0 Å². The SMILES string of the molecule is COCCn1c(SCc2cn3ccccc3n2)nc2ccccc21. The molecule has 0 amide bonds. The highest BCUT2D eigenvalue weighted by atomic mass is 32.2. The second-order valence-electron chi connectivity index (χ2n) is 5.51. The smallest absolute Gasteiger partial charge is 0.169 e. The predicted octanol–water partition coefficient (Wildman–Crippen LogP) is 3.62. The van der Waals surface area contributed by atoms with Gasteiger partial charge in [-0.2, -0.15) is 0 Å². The van der Waals surface area contributed by atoms with Gasteiger partial charge in [0.2, 0.25) is 0 Å². The van der Waals surface area contributed by atoms with Crippen molar-refractivity contribution in [1.82, 2.24) is 18.9 Å². The van der Waals surface area contributed by atoms with E-state index in [-0.39, 0.29) is 0 Å². The molecule has 0 atom stereocenters. The van der Waals surface area contributed by atoms with E-state index in [1.165, 1.54) is 0 Å². The lowest BCUT2D eigenvalue weighted by atomic mass is 10.3. The molecule has 0 N–H and O–H groups in total. The van der Waals surface area contributed by atoms with Gasteiger partial charge >= 0.3 is 0 Å². The third-order valence-corrected chi connectivity index (χ3v) is 4.91. The summed E-state index contributed by atoms with van der Waals surface area (Å²) >= 11 is 1.71. The van der Waals surface area contributed by atoms with E-state index in [4.69, 9.17) is 9.72 Å². The van der Waals surface area contributed by atoms with E-state index >= 15 is 0 Å². The van der Waals surface area contributed by atoms with E-state index in [0.29, 0.717) is 6.61 Å². The minimum absolute atomic E-state index is 0.669. The Bertz CT molecular complexity index is 942. The molecule has 4 rings (SSSR count). The zero-order chi connectivity index (χ0) is 16.4. The molecule has 3 aromatic heterocycles. The largest absolute Gasteiger partial charge is 0.383 e. The number of methoxy groups -OCH3 is 1. The summed E-state index contributed by atoms with van der Waals surface area (Å²) in [6.07, 6.45) is 4.09. The molecule has 4 aromatic rings. The molecule has 1 aromatic carbocycles. The van der Waals surface area contributed by atoms with Gasteiger partial charge in [-0.1, -0.05) is 30.0 Å². The summed E-state index contributed by atoms with van der Waals surface area (Å²) in [5, 5.41) is 1.00. The number of rotatable bonds is 6. The number of imidazole rings is 2. The van der Waals surface area contributed by atoms with Crippen molar-refractivity contribution in [3.05, 3.63) is 60.6 Å². The second-order valence-corrected chi connectivity index (χ2v) is 6.46. The average Bonchev–Trinajstić information content (AvgIpc) is 3.18. The number of hydrogen-bond donors (Lipinski definition) is 0. The van der Waals surface area contributed by atoms with Crippen LogP contribution in [0.4, 0.5) is 0 Å². The molecule has 3 heterocycles. The molecule has 6 heteroatoms. The van der Waals surface area contributed by atoms with Crippen LogP contribution in [0.25, 0.3) is 16.7 Å². The Morgan fingerprint density at radius 2 is 1.96 bits per heavy atom. The molecule has 0 radical (unpaired) electrons. The van der Waals surface area contributed by atoms with Crippen LogP contribution in [0.3, 0.4) is 0 Å². The van der Waals surface area contributed by atoms with Gasteiger partial charge < -0.3 is 13.7 Å². The molecule has 5 nitrogen and oxygen atoms in total. The normalized spacial score (nSPS) is 11.5. The minimum Gasteiger partial charge on any atom is -0.383 e. The summed E-state index contributed by atoms with van der Waals surface area (Å²) in [5.74, 6) is 0.790. The number of para-hydroxylation sites is 2. The maximum absolute atomic E-state index is 5.25. The van der Waals surface area contributed by atoms with Crippen LogP contribution in [0.1, 0.15) is 5.69 Å². The van der Waals surface area contributed by atoms with Crippen molar-refractivity contribution in [2.24, 2.45) is 0 Å². The minimum atomic E-state index is 0.669. The molecule has 122 valence electrons. The van der Waals surface area contributed by atoms with Gasteiger partial charge in [-0.05, 0) is 24.3 Å². The predicted molar refractivity (Wildman–Crippen MR) is 96.4 cm³/mol. The number of ether oxygens (including phenoxy) is 1. The monoisotopic (exact) mass is 338 g/mol. The Hall–Kier alpha value is -2.31. The molecule has 0 fully saturated rings. The zero-order valence-electron chi connectivity index (χ0n) is 13.4. The van der Waals surface area contributed by atoms with Crippen LogP contribution < -0.4 is 0 Å². The molecule has 0 spiro atoms. The van der Waals surface area contributed by atoms with Crippen molar-refractivity contribution >= 4 is 28.4 Å². The summed E-state index contributed by atoms with van der Waals surface area (Å²) in [4.78, 5) is 9.42. The van der Waals surface area contributed by atoms with Gasteiger partial charge in [0.1, 0.15) is 5.65 Å². The van der Waals surface area contributed by atoms with E-state index in [9.17, 15) is 0 Å². The van der Waals surface area contributed by atoms with Gasteiger partial charge in [-0.3, -0.25) is 0 Å². The second kappa shape index (κ2) is 6.67. The van der Waals surface area contributed by atoms with Gasteiger partial charge in [0.05, 0.1) is 23.3 Å². The van der Waals surface area contributed by atoms with Crippen molar-refractivity contribution in [2.45, 2.75) is 17.5 Å². The Morgan fingerprint density at radius 3 is 2.83 bits per heavy atom. The first-order valence-corrected chi connectivity index (χ1v) is 8.83. The summed E-state index contributed by atoms with van der Waals surface area (Å²) in [6.45, 7) is 1.47. The molecule has 0 unspecified atom stereocenters. The standard InChI is InChI=1S/C18H18N4OS/c1-23-11-10-22-16-7-3-2-6-15(16)20-18(22)24-13-14-12-21-9-5-4-8-17(21)19-14/h2-9,12H,10-11,13H2,1H3. The molecular weight excluding hydrogens is 320 g/mol. The van der Waals surface area contributed by atoms with E-state index in [0.717, 1.165) is 39.8 Å². The number of hydrogen-bond acceptors (Lipinski definition) is 4. The molecule has 0 aliphatic rings. The van der Waals surface area contributed by atoms with E-state index < -0.39 is 0 Å². The number of benzene rings is 1. The fourth-order valence-electron chi connectivity index (χ4n) is 2.76. The van der Waals surface area contributed by atoms with Crippen LogP contribution in [-0.4, -0.2) is 32.7 Å². The lowest BCUT2D eigenvalue weighted by Crippen LogP contribution is -2.05. The quantitative estimate of drug-likeness (QED) is 0.504. The number of aromatic nitrogens is 4. The summed E-state index contributed by atoms with van der Waals surface area (Å²) < 4.78 is 9.52. The molecule has 0 aliphatic carbocycles. The third kappa shape index (κ3) is 2.90. The van der Waals surface area contributed by atoms with Crippen LogP contribution in [0.2, 0.25) is 0 Å². The Morgan fingerprint density at radius 1 is 1.08 bits per heavy atom. The Balaban J connectivity index is 1.61. The number of fused-ring (bicyclic) bond motifs is 2. The zero-order valence-corrected chi connectivity index (χ0v) is 14.2. The molecule has 24 heavy (non-hydrogen) atoms. The van der Waals surface area contributed by atoms with E-state index in [2.05, 4.69) is 21.8 Å². The van der Waals surface area contributed by atoms with Crippen LogP contribution in [0.5, 0.6) is 0 Å². The van der Waals surface area contributed by atoms with Gasteiger partial charge in [-0.15, -0.1) is 0 Å². The van der Waals surface area contributed by atoms with E-state index in [1.54, 1.807) is 18.9 Å². The number of pyridine rings is 1. The number of thioether (sulfide) groups is 1. The lowest BCUT2D eigenvalue weighted by Gasteiger charge is -2.07. The number of nitrogens with zero attached hydrogens (tertiary/aromatic N) is 4. The highest BCUT2D eigenvalue weighted by Gasteiger charge is 2.12. The summed E-state index contributed by atoms with van der Waals surface area (Å²) in [5.41, 5.74) is 4.19. The van der Waals surface area contributed by atoms with Crippen LogP contribution in [0, 0.1) is 0 Å². The van der Waals surface area contributed by atoms with Crippen molar-refractivity contribution in [3.8, 4) is 0 Å². The average molecular weight is 338 g/mol. The highest BCUT2D eigenvalue weighted by Crippen LogP contribution is 2.26. The first-order chi connectivity index (χ1) is 11.8. The van der Waals surface area contributed by atoms with Crippen molar-refractivity contribution < 1.29 is 4.74 Å². The van der Waals surface area contributed by atoms with Crippen LogP contribution in [-0.2, 0) is 17.0 Å². The molecular formula is C18H18N4OS. The lowest BCUT2D eigenvalue weighted by molar-refractivity contribution is 0.186. The van der Waals surface area contributed by atoms with Crippen molar-refractivity contribution in [3.63, 3.8) is 0 Å². The van der Waals surface area contributed by atoms with Gasteiger partial charge in [-0.25, -0.2) is 9.97 Å². The van der Waals surface area contributed by atoms with Crippen LogP contribution in [0.15, 0.2) is 60.0 Å². The summed E-state index contributed by atoms with van der Waals surface area (Å²) in [7, 11) is 1.72. The van der Waals surface area contributed by atoms with Crippen molar-refractivity contribution in [2.75, 3.05) is 13.7 Å².